The molecule has 1 aromatic heterocycles. The first kappa shape index (κ1) is 13.2. The molecule has 104 valence electrons. The second-order valence-electron chi connectivity index (χ2n) is 5.16. The molecule has 0 saturated heterocycles. The minimum atomic E-state index is -0.423. The van der Waals surface area contributed by atoms with E-state index >= 15 is 0 Å². The van der Waals surface area contributed by atoms with Gasteiger partial charge < -0.3 is 5.32 Å². The molecule has 4 rings (SSSR count). The summed E-state index contributed by atoms with van der Waals surface area (Å²) in [6.45, 7) is 0. The summed E-state index contributed by atoms with van der Waals surface area (Å²) in [4.78, 5) is 25.0. The number of pyridine rings is 1. The van der Waals surface area contributed by atoms with Crippen molar-refractivity contribution in [1.82, 2.24) is 4.98 Å². The summed E-state index contributed by atoms with van der Waals surface area (Å²) in [5, 5.41) is 8.32. The topological polar surface area (TPSA) is 82.9 Å². The second-order valence-corrected chi connectivity index (χ2v) is 5.16. The number of fused-ring (bicyclic) bond motifs is 3. The van der Waals surface area contributed by atoms with Crippen LogP contribution in [0.5, 0.6) is 0 Å². The number of anilines is 1. The zero-order valence-corrected chi connectivity index (χ0v) is 11.2. The van der Waals surface area contributed by atoms with Gasteiger partial charge in [0.2, 0.25) is 12.0 Å². The van der Waals surface area contributed by atoms with Gasteiger partial charge in [0.25, 0.3) is 0 Å². The predicted octanol–water partition coefficient (Wildman–Crippen LogP) is 1.97. The van der Waals surface area contributed by atoms with Gasteiger partial charge in [-0.2, -0.15) is 0 Å². The zero-order valence-electron chi connectivity index (χ0n) is 11.2. The van der Waals surface area contributed by atoms with E-state index in [-0.39, 0.29) is 5.91 Å². The molecular weight excluding hydrogens is 266 g/mol. The zero-order chi connectivity index (χ0) is 14.9. The molecule has 0 bridgehead atoms. The van der Waals surface area contributed by atoms with Gasteiger partial charge in [-0.25, -0.2) is 15.2 Å². The molecule has 0 unspecified atom stereocenters. The molecule has 5 nitrogen and oxygen atoms in total. The first-order valence-corrected chi connectivity index (χ1v) is 6.59. The van der Waals surface area contributed by atoms with Gasteiger partial charge in [-0.3, -0.25) is 4.79 Å². The second kappa shape index (κ2) is 4.96. The van der Waals surface area contributed by atoms with Crippen molar-refractivity contribution < 1.29 is 9.59 Å². The number of benzene rings is 1. The van der Waals surface area contributed by atoms with Crippen LogP contribution in [-0.2, 0) is 27.8 Å². The fourth-order valence-electron chi connectivity index (χ4n) is 3.21. The van der Waals surface area contributed by atoms with Crippen LogP contribution in [0.15, 0.2) is 42.6 Å². The lowest BCUT2D eigenvalue weighted by molar-refractivity contribution is -0.120. The molecule has 2 N–H and O–H groups in total. The van der Waals surface area contributed by atoms with Crippen LogP contribution < -0.4 is 5.32 Å². The average molecular weight is 279 g/mol. The Morgan fingerprint density at radius 1 is 1.14 bits per heavy atom. The number of aromatic nitrogens is 1. The number of hydrogen-bond donors (Lipinski definition) is 2. The Hall–Kier alpha value is -2.78. The number of hydrogen-bond acceptors (Lipinski definition) is 4. The standard InChI is InChI=1S/C15H12N2O.CHNO/c18-14-15(12-6-3-7-16-13(12)17-14)8-10-4-1-2-5-11(10)9-15;2-1-3/h1-7H,8-9H2,(H,16,17,18);2H. The maximum Gasteiger partial charge on any atom is 0.237 e. The van der Waals surface area contributed by atoms with Crippen molar-refractivity contribution in [3.8, 4) is 0 Å². The van der Waals surface area contributed by atoms with Gasteiger partial charge in [-0.15, -0.1) is 0 Å². The molecular formula is C16H13N3O2. The number of nitrogens with zero attached hydrogens (tertiary/aromatic N) is 1. The highest BCUT2D eigenvalue weighted by molar-refractivity contribution is 6.06. The highest BCUT2D eigenvalue weighted by Gasteiger charge is 2.50. The Morgan fingerprint density at radius 2 is 1.76 bits per heavy atom. The van der Waals surface area contributed by atoms with E-state index in [2.05, 4.69) is 22.4 Å². The Balaban J connectivity index is 0.000000409. The van der Waals surface area contributed by atoms with Gasteiger partial charge in [-0.05, 0) is 30.0 Å². The van der Waals surface area contributed by atoms with Crippen molar-refractivity contribution in [2.75, 3.05) is 5.32 Å². The van der Waals surface area contributed by atoms with Crippen LogP contribution in [0.25, 0.3) is 0 Å². The van der Waals surface area contributed by atoms with Crippen LogP contribution in [0.4, 0.5) is 5.82 Å². The van der Waals surface area contributed by atoms with E-state index in [9.17, 15) is 4.79 Å². The van der Waals surface area contributed by atoms with Gasteiger partial charge >= 0.3 is 0 Å². The molecule has 1 aliphatic heterocycles. The van der Waals surface area contributed by atoms with Crippen LogP contribution in [-0.4, -0.2) is 17.0 Å². The first-order chi connectivity index (χ1) is 10.2. The number of rotatable bonds is 0. The number of nitrogens with one attached hydrogen (secondary N) is 2. The Morgan fingerprint density at radius 3 is 2.38 bits per heavy atom. The van der Waals surface area contributed by atoms with E-state index in [4.69, 9.17) is 10.2 Å². The van der Waals surface area contributed by atoms with E-state index in [1.165, 1.54) is 11.1 Å². The van der Waals surface area contributed by atoms with Crippen molar-refractivity contribution in [1.29, 1.82) is 5.41 Å². The smallest absolute Gasteiger partial charge is 0.237 e. The summed E-state index contributed by atoms with van der Waals surface area (Å²) in [6.07, 6.45) is 4.04. The lowest BCUT2D eigenvalue weighted by atomic mass is 9.79. The quantitative estimate of drug-likeness (QED) is 0.571. The van der Waals surface area contributed by atoms with Crippen LogP contribution in [0, 0.1) is 5.41 Å². The summed E-state index contributed by atoms with van der Waals surface area (Å²) in [6, 6.07) is 12.2. The highest BCUT2D eigenvalue weighted by Crippen LogP contribution is 2.46. The highest BCUT2D eigenvalue weighted by atomic mass is 16.2. The van der Waals surface area contributed by atoms with Crippen molar-refractivity contribution >= 4 is 17.8 Å². The third kappa shape index (κ3) is 1.95. The third-order valence-corrected chi connectivity index (χ3v) is 4.09. The third-order valence-electron chi connectivity index (χ3n) is 4.09. The maximum atomic E-state index is 12.4. The normalized spacial score (nSPS) is 16.3. The lowest BCUT2D eigenvalue weighted by Crippen LogP contribution is -2.35. The Labute approximate surface area is 121 Å². The summed E-state index contributed by atoms with van der Waals surface area (Å²) in [5.74, 6) is 0.822. The van der Waals surface area contributed by atoms with Crippen LogP contribution in [0.3, 0.4) is 0 Å². The minimum absolute atomic E-state index is 0.0902. The van der Waals surface area contributed by atoms with Gasteiger partial charge in [-0.1, -0.05) is 30.3 Å². The van der Waals surface area contributed by atoms with E-state index in [1.54, 1.807) is 6.20 Å². The SMILES string of the molecule is N=C=O.O=C1Nc2ncccc2C12Cc1ccccc1C2. The van der Waals surface area contributed by atoms with Crippen molar-refractivity contribution in [3.63, 3.8) is 0 Å². The van der Waals surface area contributed by atoms with E-state index < -0.39 is 5.41 Å². The molecule has 0 fully saturated rings. The van der Waals surface area contributed by atoms with Gasteiger partial charge in [0.15, 0.2) is 0 Å². The van der Waals surface area contributed by atoms with Gasteiger partial charge in [0.05, 0.1) is 5.41 Å². The largest absolute Gasteiger partial charge is 0.310 e. The van der Waals surface area contributed by atoms with Gasteiger partial charge in [0.1, 0.15) is 5.82 Å². The molecule has 1 aromatic carbocycles. The molecule has 1 amide bonds. The molecule has 2 aliphatic rings. The van der Waals surface area contributed by atoms with E-state index in [0.29, 0.717) is 0 Å². The molecule has 21 heavy (non-hydrogen) atoms. The van der Waals surface area contributed by atoms with Crippen molar-refractivity contribution in [2.45, 2.75) is 18.3 Å². The maximum absolute atomic E-state index is 12.4. The van der Waals surface area contributed by atoms with Crippen LogP contribution in [0.1, 0.15) is 16.7 Å². The fourth-order valence-corrected chi connectivity index (χ4v) is 3.21. The molecule has 2 heterocycles. The number of carbonyl (C=O) groups is 1. The fraction of sp³-hybridized carbons (Fsp3) is 0.188. The van der Waals surface area contributed by atoms with Crippen molar-refractivity contribution in [2.24, 2.45) is 0 Å². The van der Waals surface area contributed by atoms with Crippen LogP contribution >= 0.6 is 0 Å². The van der Waals surface area contributed by atoms with Gasteiger partial charge in [0, 0.05) is 11.8 Å². The average Bonchev–Trinajstić information content (AvgIpc) is 3.00. The predicted molar refractivity (Wildman–Crippen MR) is 76.8 cm³/mol. The number of amides is 1. The first-order valence-electron chi connectivity index (χ1n) is 6.59. The molecule has 0 radical (unpaired) electrons. The summed E-state index contributed by atoms with van der Waals surface area (Å²) < 4.78 is 0. The summed E-state index contributed by atoms with van der Waals surface area (Å²) in [7, 11) is 0. The van der Waals surface area contributed by atoms with Crippen LogP contribution in [0.2, 0.25) is 0 Å². The monoisotopic (exact) mass is 279 g/mol. The number of carbonyl (C=O) groups excluding carboxylic acids is 2. The molecule has 5 heteroatoms. The molecule has 2 aromatic rings. The minimum Gasteiger partial charge on any atom is -0.310 e. The van der Waals surface area contributed by atoms with E-state index in [0.717, 1.165) is 30.3 Å². The molecule has 1 aliphatic carbocycles. The molecule has 0 saturated carbocycles. The summed E-state index contributed by atoms with van der Waals surface area (Å²) in [5.41, 5.74) is 3.19. The summed E-state index contributed by atoms with van der Waals surface area (Å²) >= 11 is 0. The van der Waals surface area contributed by atoms with Crippen molar-refractivity contribution in [3.05, 3.63) is 59.3 Å². The molecule has 1 spiro atoms. The lowest BCUT2D eigenvalue weighted by Gasteiger charge is -2.20. The number of isocyanates is 1. The van der Waals surface area contributed by atoms with E-state index in [1.807, 2.05) is 24.3 Å². The Bertz CT molecular complexity index is 724. The Kier molecular flexibility index (Phi) is 3.12. The molecule has 0 atom stereocenters.